The molecule has 0 atom stereocenters. The number of rotatable bonds is 6. The Bertz CT molecular complexity index is 1000. The lowest BCUT2D eigenvalue weighted by molar-refractivity contribution is -0.120. The van der Waals surface area contributed by atoms with Gasteiger partial charge in [-0.15, -0.1) is 17.8 Å². The predicted molar refractivity (Wildman–Crippen MR) is 105 cm³/mol. The molecule has 1 aromatic heterocycles. The Morgan fingerprint density at radius 2 is 2.23 bits per heavy atom. The van der Waals surface area contributed by atoms with E-state index in [4.69, 9.17) is 11.2 Å². The maximum atomic E-state index is 12.0. The molecule has 5 nitrogen and oxygen atoms in total. The fourth-order valence-electron chi connectivity index (χ4n) is 2.52. The summed E-state index contributed by atoms with van der Waals surface area (Å²) in [5.74, 6) is 2.85. The van der Waals surface area contributed by atoms with Crippen LogP contribution in [-0.4, -0.2) is 23.7 Å². The van der Waals surface area contributed by atoms with E-state index in [-0.39, 0.29) is 18.9 Å². The molecular formula is C20H17N3O2S. The molecule has 0 spiro atoms. The highest BCUT2D eigenvalue weighted by Gasteiger charge is 2.08. The van der Waals surface area contributed by atoms with Crippen molar-refractivity contribution < 1.29 is 9.53 Å². The number of amides is 1. The number of carbonyl (C=O) groups excluding carboxylic acids is 1. The predicted octanol–water partition coefficient (Wildman–Crippen LogP) is 3.31. The number of nitrogens with zero attached hydrogens (tertiary/aromatic N) is 2. The van der Waals surface area contributed by atoms with Gasteiger partial charge in [-0.25, -0.2) is 10.4 Å². The maximum absolute atomic E-state index is 12.0. The number of thiazole rings is 1. The normalized spacial score (nSPS) is 10.8. The third kappa shape index (κ3) is 4.26. The second-order valence-corrected chi connectivity index (χ2v) is 6.58. The highest BCUT2D eigenvalue weighted by Crippen LogP contribution is 2.26. The van der Waals surface area contributed by atoms with Crippen LogP contribution in [0.3, 0.4) is 0 Å². The first kappa shape index (κ1) is 17.6. The van der Waals surface area contributed by atoms with Gasteiger partial charge in [0.1, 0.15) is 12.4 Å². The topological polar surface area (TPSA) is 63.6 Å². The molecule has 1 heterocycles. The first-order valence-electron chi connectivity index (χ1n) is 7.98. The Kier molecular flexibility index (Phi) is 5.62. The minimum Gasteiger partial charge on any atom is -0.480 e. The number of hydrogen-bond donors (Lipinski definition) is 1. The number of carbonyl (C=O) groups is 1. The Morgan fingerprint density at radius 1 is 1.38 bits per heavy atom. The van der Waals surface area contributed by atoms with Gasteiger partial charge in [0.25, 0.3) is 0 Å². The lowest BCUT2D eigenvalue weighted by atomic mass is 10.0. The van der Waals surface area contributed by atoms with Gasteiger partial charge in [-0.2, -0.15) is 5.10 Å². The van der Waals surface area contributed by atoms with E-state index in [1.807, 2.05) is 48.7 Å². The standard InChI is InChI=1S/C20H17N3O2S/c1-3-10-25-19-9-8-15-6-4-5-7-17(15)18(19)12-21-23-20(24)11-16-13-26-14(2)22-16/h1,4-9,12-13H,10-11H2,2H3,(H,23,24)/b21-12-. The molecule has 6 heteroatoms. The smallest absolute Gasteiger partial charge is 0.246 e. The zero-order valence-electron chi connectivity index (χ0n) is 14.2. The molecule has 3 aromatic rings. The molecule has 0 fully saturated rings. The summed E-state index contributed by atoms with van der Waals surface area (Å²) in [6.07, 6.45) is 7.06. The molecule has 1 N–H and O–H groups in total. The summed E-state index contributed by atoms with van der Waals surface area (Å²) in [6.45, 7) is 2.07. The molecule has 130 valence electrons. The Balaban J connectivity index is 1.78. The molecule has 1 amide bonds. The van der Waals surface area contributed by atoms with Crippen molar-refractivity contribution >= 4 is 34.2 Å². The molecule has 0 bridgehead atoms. The van der Waals surface area contributed by atoms with Gasteiger partial charge in [0, 0.05) is 10.9 Å². The number of hydrogen-bond acceptors (Lipinski definition) is 5. The quantitative estimate of drug-likeness (QED) is 0.415. The highest BCUT2D eigenvalue weighted by molar-refractivity contribution is 7.09. The van der Waals surface area contributed by atoms with E-state index >= 15 is 0 Å². The SMILES string of the molecule is C#CCOc1ccc2ccccc2c1/C=N\NC(=O)Cc1csc(C)n1. The van der Waals surface area contributed by atoms with Crippen molar-refractivity contribution in [1.82, 2.24) is 10.4 Å². The minimum absolute atomic E-state index is 0.161. The monoisotopic (exact) mass is 363 g/mol. The summed E-state index contributed by atoms with van der Waals surface area (Å²) in [5.41, 5.74) is 4.04. The first-order valence-corrected chi connectivity index (χ1v) is 8.86. The molecule has 0 unspecified atom stereocenters. The molecule has 26 heavy (non-hydrogen) atoms. The van der Waals surface area contributed by atoms with Crippen molar-refractivity contribution in [1.29, 1.82) is 0 Å². The van der Waals surface area contributed by atoms with E-state index in [1.165, 1.54) is 11.3 Å². The van der Waals surface area contributed by atoms with Crippen molar-refractivity contribution in [2.45, 2.75) is 13.3 Å². The van der Waals surface area contributed by atoms with Gasteiger partial charge in [-0.05, 0) is 23.8 Å². The summed E-state index contributed by atoms with van der Waals surface area (Å²) >= 11 is 1.52. The molecule has 2 aromatic carbocycles. The zero-order valence-corrected chi connectivity index (χ0v) is 15.0. The Hall–Kier alpha value is -3.17. The van der Waals surface area contributed by atoms with Crippen LogP contribution in [-0.2, 0) is 11.2 Å². The Morgan fingerprint density at radius 3 is 3.00 bits per heavy atom. The van der Waals surface area contributed by atoms with Gasteiger partial charge >= 0.3 is 0 Å². The van der Waals surface area contributed by atoms with Crippen LogP contribution in [0.5, 0.6) is 5.75 Å². The van der Waals surface area contributed by atoms with E-state index in [1.54, 1.807) is 6.21 Å². The summed E-state index contributed by atoms with van der Waals surface area (Å²) < 4.78 is 5.60. The summed E-state index contributed by atoms with van der Waals surface area (Å²) in [7, 11) is 0. The number of ether oxygens (including phenoxy) is 1. The minimum atomic E-state index is -0.224. The van der Waals surface area contributed by atoms with E-state index in [0.29, 0.717) is 5.75 Å². The van der Waals surface area contributed by atoms with Crippen LogP contribution in [0.1, 0.15) is 16.3 Å². The van der Waals surface area contributed by atoms with Crippen LogP contribution in [0.2, 0.25) is 0 Å². The number of fused-ring (bicyclic) bond motifs is 1. The molecule has 0 saturated heterocycles. The lowest BCUT2D eigenvalue weighted by Crippen LogP contribution is -2.20. The van der Waals surface area contributed by atoms with Gasteiger partial charge in [0.2, 0.25) is 5.91 Å². The van der Waals surface area contributed by atoms with Crippen molar-refractivity contribution in [3.05, 3.63) is 58.0 Å². The van der Waals surface area contributed by atoms with Crippen LogP contribution >= 0.6 is 11.3 Å². The number of benzene rings is 2. The summed E-state index contributed by atoms with van der Waals surface area (Å²) in [5, 5.41) is 8.90. The van der Waals surface area contributed by atoms with Crippen LogP contribution in [0.15, 0.2) is 46.9 Å². The number of hydrazone groups is 1. The second kappa shape index (κ2) is 8.28. The largest absolute Gasteiger partial charge is 0.480 e. The molecule has 0 aliphatic rings. The van der Waals surface area contributed by atoms with E-state index in [9.17, 15) is 4.79 Å². The van der Waals surface area contributed by atoms with Crippen molar-refractivity contribution in [3.63, 3.8) is 0 Å². The maximum Gasteiger partial charge on any atom is 0.246 e. The van der Waals surface area contributed by atoms with Crippen LogP contribution in [0, 0.1) is 19.3 Å². The zero-order chi connectivity index (χ0) is 18.4. The van der Waals surface area contributed by atoms with Crippen LogP contribution < -0.4 is 10.2 Å². The number of aromatic nitrogens is 1. The fourth-order valence-corrected chi connectivity index (χ4v) is 3.13. The molecule has 3 rings (SSSR count). The van der Waals surface area contributed by atoms with Gasteiger partial charge < -0.3 is 4.74 Å². The van der Waals surface area contributed by atoms with Gasteiger partial charge in [0.15, 0.2) is 0 Å². The third-order valence-electron chi connectivity index (χ3n) is 3.63. The summed E-state index contributed by atoms with van der Waals surface area (Å²) in [6, 6.07) is 11.7. The molecule has 0 saturated carbocycles. The third-order valence-corrected chi connectivity index (χ3v) is 4.46. The van der Waals surface area contributed by atoms with E-state index in [2.05, 4.69) is 21.4 Å². The van der Waals surface area contributed by atoms with Gasteiger partial charge in [0.05, 0.1) is 23.3 Å². The molecule has 0 aliphatic carbocycles. The van der Waals surface area contributed by atoms with Gasteiger partial charge in [-0.1, -0.05) is 36.3 Å². The number of terminal acetylenes is 1. The van der Waals surface area contributed by atoms with Crippen molar-refractivity contribution in [2.75, 3.05) is 6.61 Å². The molecular weight excluding hydrogens is 346 g/mol. The average Bonchev–Trinajstić information content (AvgIpc) is 3.05. The fraction of sp³-hybridized carbons (Fsp3) is 0.150. The second-order valence-electron chi connectivity index (χ2n) is 5.52. The first-order chi connectivity index (χ1) is 12.7. The van der Waals surface area contributed by atoms with Gasteiger partial charge in [-0.3, -0.25) is 4.79 Å². The van der Waals surface area contributed by atoms with E-state index < -0.39 is 0 Å². The number of aryl methyl sites for hydroxylation is 1. The molecule has 0 aliphatic heterocycles. The Labute approximate surface area is 155 Å². The summed E-state index contributed by atoms with van der Waals surface area (Å²) in [4.78, 5) is 16.3. The lowest BCUT2D eigenvalue weighted by Gasteiger charge is -2.09. The average molecular weight is 363 g/mol. The van der Waals surface area contributed by atoms with Crippen molar-refractivity contribution in [3.8, 4) is 18.1 Å². The highest BCUT2D eigenvalue weighted by atomic mass is 32.1. The van der Waals surface area contributed by atoms with Crippen molar-refractivity contribution in [2.24, 2.45) is 5.10 Å². The number of nitrogens with one attached hydrogen (secondary N) is 1. The molecule has 0 radical (unpaired) electrons. The van der Waals surface area contributed by atoms with E-state index in [0.717, 1.165) is 27.0 Å². The van der Waals surface area contributed by atoms with Crippen LogP contribution in [0.25, 0.3) is 10.8 Å². The van der Waals surface area contributed by atoms with Crippen LogP contribution in [0.4, 0.5) is 0 Å².